The molecule has 1 fully saturated rings. The minimum Gasteiger partial charge on any atom is -0.492 e. The summed E-state index contributed by atoms with van der Waals surface area (Å²) in [4.78, 5) is 15.1. The van der Waals surface area contributed by atoms with Crippen LogP contribution in [0.15, 0.2) is 39.7 Å². The number of rotatable bonds is 4. The number of amides is 1. The van der Waals surface area contributed by atoms with E-state index >= 15 is 0 Å². The van der Waals surface area contributed by atoms with Crippen LogP contribution in [0.4, 0.5) is 5.69 Å². The lowest BCUT2D eigenvalue weighted by molar-refractivity contribution is -0.113. The number of carbonyl (C=O) groups excluding carboxylic acids is 1. The van der Waals surface area contributed by atoms with Gasteiger partial charge in [0.25, 0.3) is 5.91 Å². The Labute approximate surface area is 207 Å². The van der Waals surface area contributed by atoms with Crippen LogP contribution in [0, 0.1) is 7.14 Å². The molecule has 1 aliphatic rings. The van der Waals surface area contributed by atoms with E-state index in [0.717, 1.165) is 22.9 Å². The van der Waals surface area contributed by atoms with Crippen molar-refractivity contribution in [3.05, 3.63) is 57.4 Å². The molecule has 0 N–H and O–H groups in total. The third-order valence-corrected chi connectivity index (χ3v) is 7.53. The number of thioether (sulfide) groups is 1. The molecule has 0 unspecified atom stereocenters. The third-order valence-electron chi connectivity index (χ3n) is 3.57. The summed E-state index contributed by atoms with van der Waals surface area (Å²) in [5, 5.41) is 0.524. The van der Waals surface area contributed by atoms with Gasteiger partial charge in [-0.15, -0.1) is 0 Å². The van der Waals surface area contributed by atoms with Crippen molar-refractivity contribution in [1.29, 1.82) is 0 Å². The quantitative estimate of drug-likeness (QED) is 0.193. The molecular formula is C18H11BrClI2NO2S2. The van der Waals surface area contributed by atoms with E-state index < -0.39 is 0 Å². The van der Waals surface area contributed by atoms with Crippen molar-refractivity contribution in [1.82, 2.24) is 0 Å². The van der Waals surface area contributed by atoms with Crippen molar-refractivity contribution in [2.45, 2.75) is 6.92 Å². The molecule has 1 heterocycles. The summed E-state index contributed by atoms with van der Waals surface area (Å²) in [7, 11) is 0. The first kappa shape index (κ1) is 21.8. The largest absolute Gasteiger partial charge is 0.492 e. The van der Waals surface area contributed by atoms with Crippen LogP contribution in [0.1, 0.15) is 12.5 Å². The lowest BCUT2D eigenvalue weighted by Gasteiger charge is -2.15. The van der Waals surface area contributed by atoms with Gasteiger partial charge in [0.05, 0.1) is 25.8 Å². The van der Waals surface area contributed by atoms with Crippen LogP contribution in [0.2, 0.25) is 5.02 Å². The molecule has 0 radical (unpaired) electrons. The molecule has 140 valence electrons. The number of benzene rings is 2. The summed E-state index contributed by atoms with van der Waals surface area (Å²) in [5.74, 6) is 0.607. The van der Waals surface area contributed by atoms with E-state index in [-0.39, 0.29) is 5.91 Å². The highest BCUT2D eigenvalue weighted by Crippen LogP contribution is 2.39. The molecule has 0 saturated carbocycles. The second-order valence-electron chi connectivity index (χ2n) is 5.35. The second kappa shape index (κ2) is 9.29. The third kappa shape index (κ3) is 4.82. The summed E-state index contributed by atoms with van der Waals surface area (Å²) < 4.78 is 9.11. The van der Waals surface area contributed by atoms with Gasteiger partial charge in [-0.25, -0.2) is 0 Å². The smallest absolute Gasteiger partial charge is 0.270 e. The molecule has 0 spiro atoms. The minimum atomic E-state index is -0.167. The Morgan fingerprint density at radius 1 is 1.33 bits per heavy atom. The maximum atomic E-state index is 13.0. The van der Waals surface area contributed by atoms with Gasteiger partial charge in [-0.05, 0) is 104 Å². The van der Waals surface area contributed by atoms with Crippen LogP contribution in [-0.2, 0) is 4.79 Å². The Morgan fingerprint density at radius 3 is 2.74 bits per heavy atom. The highest BCUT2D eigenvalue weighted by atomic mass is 127. The molecule has 2 aromatic rings. The second-order valence-corrected chi connectivity index (χ2v) is 10.7. The monoisotopic (exact) mass is 705 g/mol. The van der Waals surface area contributed by atoms with Crippen molar-refractivity contribution in [3.63, 3.8) is 0 Å². The molecule has 0 atom stereocenters. The van der Waals surface area contributed by atoms with Gasteiger partial charge >= 0.3 is 0 Å². The van der Waals surface area contributed by atoms with Gasteiger partial charge in [-0.1, -0.05) is 35.6 Å². The fourth-order valence-electron chi connectivity index (χ4n) is 2.44. The molecule has 3 rings (SSSR count). The van der Waals surface area contributed by atoms with Crippen molar-refractivity contribution >= 4 is 119 Å². The molecular weight excluding hydrogens is 696 g/mol. The average Bonchev–Trinajstić information content (AvgIpc) is 2.87. The van der Waals surface area contributed by atoms with E-state index in [1.807, 2.05) is 31.2 Å². The minimum absolute atomic E-state index is 0.167. The van der Waals surface area contributed by atoms with Crippen LogP contribution in [0.5, 0.6) is 5.75 Å². The molecule has 3 nitrogen and oxygen atoms in total. The first-order valence-electron chi connectivity index (χ1n) is 7.66. The van der Waals surface area contributed by atoms with Crippen LogP contribution < -0.4 is 9.64 Å². The van der Waals surface area contributed by atoms with Crippen molar-refractivity contribution in [2.75, 3.05) is 11.5 Å². The Kier molecular flexibility index (Phi) is 7.51. The van der Waals surface area contributed by atoms with Gasteiger partial charge in [0, 0.05) is 13.6 Å². The SMILES string of the molecule is CCOc1c(I)cc(I)cc1/C=C1\SC(=S)N(c2ccc(Br)c(Cl)c2)C1=O. The Morgan fingerprint density at radius 2 is 2.07 bits per heavy atom. The van der Waals surface area contributed by atoms with Crippen molar-refractivity contribution in [3.8, 4) is 5.75 Å². The first-order chi connectivity index (χ1) is 12.8. The number of thiocarbonyl (C=S) groups is 1. The van der Waals surface area contributed by atoms with Gasteiger partial charge < -0.3 is 4.74 Å². The standard InChI is InChI=1S/C18H11BrClI2NO2S2/c1-2-25-16-9(5-10(21)7-14(16)22)6-15-17(24)23(18(26)27-15)11-3-4-12(19)13(20)8-11/h3-8H,2H2,1H3/b15-6-. The van der Waals surface area contributed by atoms with Crippen LogP contribution in [0.25, 0.3) is 6.08 Å². The molecule has 9 heteroatoms. The van der Waals surface area contributed by atoms with Gasteiger partial charge in [-0.3, -0.25) is 9.69 Å². The number of carbonyl (C=O) groups is 1. The van der Waals surface area contributed by atoms with Crippen molar-refractivity contribution in [2.24, 2.45) is 0 Å². The van der Waals surface area contributed by atoms with Gasteiger partial charge in [0.1, 0.15) is 5.75 Å². The predicted molar refractivity (Wildman–Crippen MR) is 138 cm³/mol. The lowest BCUT2D eigenvalue weighted by atomic mass is 10.2. The van der Waals surface area contributed by atoms with E-state index in [9.17, 15) is 4.79 Å². The maximum absolute atomic E-state index is 13.0. The van der Waals surface area contributed by atoms with E-state index in [2.05, 4.69) is 61.1 Å². The van der Waals surface area contributed by atoms with Crippen LogP contribution >= 0.6 is 96.7 Å². The molecule has 0 bridgehead atoms. The summed E-state index contributed by atoms with van der Waals surface area (Å²) >= 11 is 20.8. The Balaban J connectivity index is 2.01. The predicted octanol–water partition coefficient (Wildman–Crippen LogP) is 7.12. The number of hydrogen-bond acceptors (Lipinski definition) is 4. The van der Waals surface area contributed by atoms with Gasteiger partial charge in [-0.2, -0.15) is 0 Å². The summed E-state index contributed by atoms with van der Waals surface area (Å²) in [5.41, 5.74) is 1.51. The first-order valence-corrected chi connectivity index (χ1v) is 12.2. The number of halogens is 4. The molecule has 1 aliphatic heterocycles. The number of anilines is 1. The van der Waals surface area contributed by atoms with Gasteiger partial charge in [0.15, 0.2) is 4.32 Å². The fourth-order valence-corrected chi connectivity index (χ4v) is 6.20. The highest BCUT2D eigenvalue weighted by Gasteiger charge is 2.33. The molecule has 0 aliphatic carbocycles. The number of nitrogens with zero attached hydrogens (tertiary/aromatic N) is 1. The Hall–Kier alpha value is 0.120. The maximum Gasteiger partial charge on any atom is 0.270 e. The summed E-state index contributed by atoms with van der Waals surface area (Å²) in [6, 6.07) is 9.37. The van der Waals surface area contributed by atoms with E-state index in [4.69, 9.17) is 28.6 Å². The molecule has 0 aromatic heterocycles. The molecule has 2 aromatic carbocycles. The fraction of sp³-hybridized carbons (Fsp3) is 0.111. The Bertz CT molecular complexity index is 984. The van der Waals surface area contributed by atoms with E-state index in [0.29, 0.717) is 26.5 Å². The van der Waals surface area contributed by atoms with Crippen LogP contribution in [0.3, 0.4) is 0 Å². The number of hydrogen-bond donors (Lipinski definition) is 0. The zero-order valence-electron chi connectivity index (χ0n) is 13.8. The van der Waals surface area contributed by atoms with Crippen LogP contribution in [-0.4, -0.2) is 16.8 Å². The molecule has 1 saturated heterocycles. The lowest BCUT2D eigenvalue weighted by Crippen LogP contribution is -2.27. The van der Waals surface area contributed by atoms with E-state index in [1.54, 1.807) is 12.1 Å². The molecule has 27 heavy (non-hydrogen) atoms. The number of ether oxygens (including phenoxy) is 1. The van der Waals surface area contributed by atoms with E-state index in [1.165, 1.54) is 16.7 Å². The highest BCUT2D eigenvalue weighted by molar-refractivity contribution is 14.1. The van der Waals surface area contributed by atoms with Gasteiger partial charge in [0.2, 0.25) is 0 Å². The summed E-state index contributed by atoms with van der Waals surface area (Å²) in [6.45, 7) is 2.49. The normalized spacial score (nSPS) is 15.7. The topological polar surface area (TPSA) is 29.5 Å². The molecule has 1 amide bonds. The summed E-state index contributed by atoms with van der Waals surface area (Å²) in [6.07, 6.45) is 1.84. The zero-order valence-corrected chi connectivity index (χ0v) is 22.1. The average molecular weight is 707 g/mol. The van der Waals surface area contributed by atoms with Crippen molar-refractivity contribution < 1.29 is 9.53 Å². The zero-order chi connectivity index (χ0) is 19.7.